The van der Waals surface area contributed by atoms with Gasteiger partial charge in [-0.1, -0.05) is 0 Å². The zero-order valence-electron chi connectivity index (χ0n) is 8.73. The average molecular weight is 211 g/mol. The molecule has 0 aliphatic carbocycles. The zero-order chi connectivity index (χ0) is 9.97. The number of likely N-dealkylation sites (tertiary alicyclic amines) is 1. The van der Waals surface area contributed by atoms with E-state index in [1.54, 1.807) is 11.3 Å². The summed E-state index contributed by atoms with van der Waals surface area (Å²) in [5.74, 6) is 0.719. The van der Waals surface area contributed by atoms with Crippen LogP contribution < -0.4 is 5.32 Å². The van der Waals surface area contributed by atoms with Gasteiger partial charge in [0.1, 0.15) is 5.01 Å². The summed E-state index contributed by atoms with van der Waals surface area (Å²) in [5.41, 5.74) is 0. The van der Waals surface area contributed by atoms with Crippen molar-refractivity contribution < 1.29 is 0 Å². The van der Waals surface area contributed by atoms with Gasteiger partial charge in [-0.25, -0.2) is 4.98 Å². The first kappa shape index (κ1) is 10.1. The monoisotopic (exact) mass is 211 g/mol. The number of thiazole rings is 1. The molecular formula is C10H17N3S. The third-order valence-corrected chi connectivity index (χ3v) is 3.79. The number of hydrogen-bond acceptors (Lipinski definition) is 4. The highest BCUT2D eigenvalue weighted by molar-refractivity contribution is 7.09. The molecule has 0 saturated carbocycles. The minimum Gasteiger partial charge on any atom is -0.319 e. The number of nitrogens with one attached hydrogen (secondary N) is 1. The topological polar surface area (TPSA) is 28.2 Å². The number of nitrogens with zero attached hydrogens (tertiary/aromatic N) is 2. The lowest BCUT2D eigenvalue weighted by Gasteiger charge is -2.22. The molecule has 2 unspecified atom stereocenters. The third kappa shape index (κ3) is 1.82. The van der Waals surface area contributed by atoms with Crippen LogP contribution in [0.2, 0.25) is 0 Å². The van der Waals surface area contributed by atoms with Crippen molar-refractivity contribution in [2.24, 2.45) is 5.92 Å². The van der Waals surface area contributed by atoms with Crippen molar-refractivity contribution in [2.75, 3.05) is 27.2 Å². The fourth-order valence-corrected chi connectivity index (χ4v) is 3.17. The highest BCUT2D eigenvalue weighted by Gasteiger charge is 2.33. The minimum absolute atomic E-state index is 0.530. The summed E-state index contributed by atoms with van der Waals surface area (Å²) in [7, 11) is 4.22. The van der Waals surface area contributed by atoms with Crippen LogP contribution in [-0.2, 0) is 0 Å². The molecule has 1 aromatic heterocycles. The van der Waals surface area contributed by atoms with E-state index >= 15 is 0 Å². The van der Waals surface area contributed by atoms with E-state index in [1.165, 1.54) is 18.0 Å². The van der Waals surface area contributed by atoms with Gasteiger partial charge in [0, 0.05) is 11.6 Å². The van der Waals surface area contributed by atoms with Gasteiger partial charge in [0.15, 0.2) is 0 Å². The Balaban J connectivity index is 2.13. The molecule has 1 saturated heterocycles. The molecule has 2 heterocycles. The van der Waals surface area contributed by atoms with E-state index in [1.807, 2.05) is 13.2 Å². The Bertz CT molecular complexity index is 271. The fourth-order valence-electron chi connectivity index (χ4n) is 2.27. The number of hydrogen-bond donors (Lipinski definition) is 1. The van der Waals surface area contributed by atoms with Crippen molar-refractivity contribution >= 4 is 11.3 Å². The Morgan fingerprint density at radius 3 is 3.21 bits per heavy atom. The van der Waals surface area contributed by atoms with Gasteiger partial charge in [0.2, 0.25) is 0 Å². The van der Waals surface area contributed by atoms with Gasteiger partial charge in [-0.3, -0.25) is 4.90 Å². The summed E-state index contributed by atoms with van der Waals surface area (Å²) in [6.07, 6.45) is 3.18. The first-order valence-electron chi connectivity index (χ1n) is 5.07. The van der Waals surface area contributed by atoms with Crippen LogP contribution in [0.25, 0.3) is 0 Å². The van der Waals surface area contributed by atoms with Gasteiger partial charge in [0.05, 0.1) is 6.04 Å². The van der Waals surface area contributed by atoms with Crippen molar-refractivity contribution in [3.8, 4) is 0 Å². The molecule has 0 amide bonds. The van der Waals surface area contributed by atoms with E-state index < -0.39 is 0 Å². The lowest BCUT2D eigenvalue weighted by molar-refractivity contribution is 0.273. The molecule has 1 N–H and O–H groups in total. The smallest absolute Gasteiger partial charge is 0.110 e. The number of rotatable bonds is 3. The van der Waals surface area contributed by atoms with Crippen LogP contribution in [0.3, 0.4) is 0 Å². The quantitative estimate of drug-likeness (QED) is 0.818. The second-order valence-electron chi connectivity index (χ2n) is 3.90. The summed E-state index contributed by atoms with van der Waals surface area (Å²) in [6.45, 7) is 2.28. The second kappa shape index (κ2) is 4.38. The maximum atomic E-state index is 4.43. The summed E-state index contributed by atoms with van der Waals surface area (Å²) in [4.78, 5) is 6.85. The summed E-state index contributed by atoms with van der Waals surface area (Å²) in [6, 6.07) is 0.530. The van der Waals surface area contributed by atoms with Gasteiger partial charge in [-0.05, 0) is 39.5 Å². The Labute approximate surface area is 89.1 Å². The predicted octanol–water partition coefficient (Wildman–Crippen LogP) is 1.36. The minimum atomic E-state index is 0.530. The molecule has 1 aliphatic rings. The van der Waals surface area contributed by atoms with E-state index in [2.05, 4.69) is 27.6 Å². The molecule has 1 aliphatic heterocycles. The fraction of sp³-hybridized carbons (Fsp3) is 0.700. The molecule has 78 valence electrons. The third-order valence-electron chi connectivity index (χ3n) is 2.94. The Morgan fingerprint density at radius 2 is 2.57 bits per heavy atom. The average Bonchev–Trinajstić information content (AvgIpc) is 2.76. The lowest BCUT2D eigenvalue weighted by Crippen LogP contribution is -2.26. The van der Waals surface area contributed by atoms with Crippen molar-refractivity contribution in [1.82, 2.24) is 15.2 Å². The molecular weight excluding hydrogens is 194 g/mol. The van der Waals surface area contributed by atoms with Crippen LogP contribution in [0.15, 0.2) is 11.6 Å². The Kier molecular flexibility index (Phi) is 3.15. The molecule has 0 aromatic carbocycles. The molecule has 2 rings (SSSR count). The molecule has 1 fully saturated rings. The maximum Gasteiger partial charge on any atom is 0.110 e. The molecule has 0 bridgehead atoms. The molecule has 0 spiro atoms. The highest BCUT2D eigenvalue weighted by Crippen LogP contribution is 2.36. The largest absolute Gasteiger partial charge is 0.319 e. The van der Waals surface area contributed by atoms with E-state index in [9.17, 15) is 0 Å². The Morgan fingerprint density at radius 1 is 1.71 bits per heavy atom. The normalized spacial score (nSPS) is 28.4. The molecule has 1 aromatic rings. The summed E-state index contributed by atoms with van der Waals surface area (Å²) >= 11 is 1.77. The SMILES string of the molecule is CNCC1CCN(C)C1c1nccs1. The summed E-state index contributed by atoms with van der Waals surface area (Å²) < 4.78 is 0. The van der Waals surface area contributed by atoms with Crippen LogP contribution in [0.5, 0.6) is 0 Å². The van der Waals surface area contributed by atoms with E-state index in [0.717, 1.165) is 12.5 Å². The molecule has 4 heteroatoms. The van der Waals surface area contributed by atoms with E-state index in [-0.39, 0.29) is 0 Å². The van der Waals surface area contributed by atoms with E-state index in [4.69, 9.17) is 0 Å². The standard InChI is InChI=1S/C10H17N3S/c1-11-7-8-3-5-13(2)9(8)10-12-4-6-14-10/h4,6,8-9,11H,3,5,7H2,1-2H3. The van der Waals surface area contributed by atoms with Gasteiger partial charge < -0.3 is 5.32 Å². The molecule has 3 nitrogen and oxygen atoms in total. The Hall–Kier alpha value is -0.450. The van der Waals surface area contributed by atoms with Crippen molar-refractivity contribution in [3.63, 3.8) is 0 Å². The van der Waals surface area contributed by atoms with Crippen LogP contribution in [0.1, 0.15) is 17.5 Å². The maximum absolute atomic E-state index is 4.43. The lowest BCUT2D eigenvalue weighted by atomic mass is 10.0. The first-order valence-corrected chi connectivity index (χ1v) is 5.95. The second-order valence-corrected chi connectivity index (χ2v) is 4.83. The molecule has 2 atom stereocenters. The van der Waals surface area contributed by atoms with Gasteiger partial charge in [-0.2, -0.15) is 0 Å². The van der Waals surface area contributed by atoms with Crippen molar-refractivity contribution in [3.05, 3.63) is 16.6 Å². The van der Waals surface area contributed by atoms with Crippen LogP contribution >= 0.6 is 11.3 Å². The van der Waals surface area contributed by atoms with Gasteiger partial charge in [-0.15, -0.1) is 11.3 Å². The predicted molar refractivity (Wildman–Crippen MR) is 59.5 cm³/mol. The first-order chi connectivity index (χ1) is 6.83. The zero-order valence-corrected chi connectivity index (χ0v) is 9.55. The highest BCUT2D eigenvalue weighted by atomic mass is 32.1. The van der Waals surface area contributed by atoms with Gasteiger partial charge in [0.25, 0.3) is 0 Å². The van der Waals surface area contributed by atoms with Crippen molar-refractivity contribution in [1.29, 1.82) is 0 Å². The molecule has 14 heavy (non-hydrogen) atoms. The van der Waals surface area contributed by atoms with Crippen LogP contribution in [0.4, 0.5) is 0 Å². The van der Waals surface area contributed by atoms with Crippen LogP contribution in [0, 0.1) is 5.92 Å². The van der Waals surface area contributed by atoms with E-state index in [0.29, 0.717) is 6.04 Å². The molecule has 0 radical (unpaired) electrons. The van der Waals surface area contributed by atoms with Crippen LogP contribution in [-0.4, -0.2) is 37.1 Å². The van der Waals surface area contributed by atoms with Crippen molar-refractivity contribution in [2.45, 2.75) is 12.5 Å². The van der Waals surface area contributed by atoms with Gasteiger partial charge >= 0.3 is 0 Å². The summed E-state index contributed by atoms with van der Waals surface area (Å²) in [5, 5.41) is 6.61. The number of aromatic nitrogens is 1.